The molecule has 0 aliphatic rings. The minimum atomic E-state index is -0.284. The van der Waals surface area contributed by atoms with Gasteiger partial charge < -0.3 is 4.34 Å². The zero-order valence-electron chi connectivity index (χ0n) is 12.4. The molecule has 2 rings (SSSR count). The summed E-state index contributed by atoms with van der Waals surface area (Å²) in [5, 5.41) is 1.95. The molecule has 1 heterocycles. The Morgan fingerprint density at radius 3 is 1.94 bits per heavy atom. The molecule has 0 bridgehead atoms. The molecule has 2 heteroatoms. The molecule has 0 saturated carbocycles. The summed E-state index contributed by atoms with van der Waals surface area (Å²) >= 11 is 0. The summed E-state index contributed by atoms with van der Waals surface area (Å²) in [6, 6.07) is 10.9. The van der Waals surface area contributed by atoms with E-state index in [1.807, 2.05) is 0 Å². The van der Waals surface area contributed by atoms with Crippen molar-refractivity contribution in [3.05, 3.63) is 36.5 Å². The van der Waals surface area contributed by atoms with Crippen molar-refractivity contribution < 1.29 is 0 Å². The molecule has 98 valence electrons. The van der Waals surface area contributed by atoms with Crippen LogP contribution in [-0.4, -0.2) is 14.6 Å². The van der Waals surface area contributed by atoms with Crippen LogP contribution in [0, 0.1) is 0 Å². The van der Waals surface area contributed by atoms with E-state index in [1.165, 1.54) is 10.9 Å². The van der Waals surface area contributed by atoms with Crippen molar-refractivity contribution in [2.75, 3.05) is 0 Å². The number of benzene rings is 1. The lowest BCUT2D eigenvalue weighted by Crippen LogP contribution is -2.28. The normalized spacial score (nSPS) is 13.5. The van der Waals surface area contributed by atoms with Crippen LogP contribution >= 0.6 is 8.07 Å². The molecule has 0 N–H and O–H groups in total. The first kappa shape index (κ1) is 13.6. The van der Waals surface area contributed by atoms with Crippen LogP contribution in [-0.2, 0) is 0 Å². The maximum atomic E-state index is 2.52. The Bertz CT molecular complexity index is 526. The molecule has 0 atom stereocenters. The summed E-state index contributed by atoms with van der Waals surface area (Å²) in [7, 11) is -0.284. The molecule has 0 aliphatic heterocycles. The minimum Gasteiger partial charge on any atom is -0.325 e. The number of nitrogens with zero attached hydrogens (tertiary/aromatic N) is 1. The minimum absolute atomic E-state index is 0.284. The van der Waals surface area contributed by atoms with Gasteiger partial charge in [-0.25, -0.2) is 0 Å². The van der Waals surface area contributed by atoms with Crippen molar-refractivity contribution in [3.8, 4) is 0 Å². The topological polar surface area (TPSA) is 4.93 Å². The first-order valence-corrected chi connectivity index (χ1v) is 7.87. The molecule has 2 aromatic rings. The molecule has 1 nitrogen and oxygen atoms in total. The summed E-state index contributed by atoms with van der Waals surface area (Å²) in [4.78, 5) is 0. The van der Waals surface area contributed by atoms with Gasteiger partial charge in [-0.15, -0.1) is 0 Å². The lowest BCUT2D eigenvalue weighted by Gasteiger charge is -2.42. The Balaban J connectivity index is 2.63. The van der Waals surface area contributed by atoms with E-state index in [-0.39, 0.29) is 8.07 Å². The van der Waals surface area contributed by atoms with Gasteiger partial charge in [0.2, 0.25) is 0 Å². The van der Waals surface area contributed by atoms with E-state index in [9.17, 15) is 0 Å². The lowest BCUT2D eigenvalue weighted by molar-refractivity contribution is 0.695. The maximum absolute atomic E-state index is 2.52. The Hall–Kier alpha value is -0.810. The second-order valence-corrected chi connectivity index (χ2v) is 10.6. The Morgan fingerprint density at radius 1 is 0.833 bits per heavy atom. The summed E-state index contributed by atoms with van der Waals surface area (Å²) in [6.45, 7) is 14.2. The highest BCUT2D eigenvalue weighted by Gasteiger charge is 2.36. The third-order valence-corrected chi connectivity index (χ3v) is 6.39. The Kier molecular flexibility index (Phi) is 3.32. The second kappa shape index (κ2) is 4.38. The van der Waals surface area contributed by atoms with Crippen LogP contribution in [0.15, 0.2) is 36.5 Å². The van der Waals surface area contributed by atoms with E-state index in [4.69, 9.17) is 0 Å². The van der Waals surface area contributed by atoms with E-state index in [2.05, 4.69) is 82.4 Å². The van der Waals surface area contributed by atoms with E-state index >= 15 is 0 Å². The molecule has 0 aliphatic carbocycles. The predicted molar refractivity (Wildman–Crippen MR) is 83.8 cm³/mol. The summed E-state index contributed by atoms with van der Waals surface area (Å²) in [5.41, 5.74) is 1.37. The zero-order chi connectivity index (χ0) is 13.6. The van der Waals surface area contributed by atoms with Crippen LogP contribution in [0.1, 0.15) is 41.5 Å². The third kappa shape index (κ3) is 2.47. The van der Waals surface area contributed by atoms with Gasteiger partial charge in [-0.05, 0) is 17.5 Å². The van der Waals surface area contributed by atoms with Gasteiger partial charge >= 0.3 is 0 Å². The molecule has 1 aromatic heterocycles. The maximum Gasteiger partial charge on any atom is 0.0515 e. The van der Waals surface area contributed by atoms with Crippen molar-refractivity contribution in [3.63, 3.8) is 0 Å². The number of aromatic nitrogens is 1. The summed E-state index contributed by atoms with van der Waals surface area (Å²) in [6.07, 6.45) is 2.27. The van der Waals surface area contributed by atoms with Gasteiger partial charge in [-0.2, -0.15) is 0 Å². The van der Waals surface area contributed by atoms with Crippen molar-refractivity contribution in [2.45, 2.75) is 51.9 Å². The second-order valence-electron chi connectivity index (χ2n) is 6.87. The number of hydrogen-bond donors (Lipinski definition) is 0. The largest absolute Gasteiger partial charge is 0.325 e. The fraction of sp³-hybridized carbons (Fsp3) is 0.500. The zero-order valence-corrected chi connectivity index (χ0v) is 13.3. The molecule has 0 amide bonds. The van der Waals surface area contributed by atoms with Crippen molar-refractivity contribution >= 4 is 19.0 Å². The van der Waals surface area contributed by atoms with Gasteiger partial charge in [0.05, 0.1) is 5.52 Å². The van der Waals surface area contributed by atoms with Gasteiger partial charge in [0, 0.05) is 24.6 Å². The number of para-hydroxylation sites is 1. The van der Waals surface area contributed by atoms with Crippen molar-refractivity contribution in [2.24, 2.45) is 0 Å². The van der Waals surface area contributed by atoms with Crippen molar-refractivity contribution in [1.82, 2.24) is 4.34 Å². The average Bonchev–Trinajstić information content (AvgIpc) is 2.58. The van der Waals surface area contributed by atoms with Crippen LogP contribution in [0.3, 0.4) is 0 Å². The lowest BCUT2D eigenvalue weighted by atomic mass is 10.2. The highest BCUT2D eigenvalue weighted by Crippen LogP contribution is 2.60. The van der Waals surface area contributed by atoms with Crippen molar-refractivity contribution in [1.29, 1.82) is 0 Å². The number of hydrogen-bond acceptors (Lipinski definition) is 0. The first-order valence-electron chi connectivity index (χ1n) is 6.58. The molecule has 0 spiro atoms. The van der Waals surface area contributed by atoms with Gasteiger partial charge in [-0.1, -0.05) is 59.7 Å². The summed E-state index contributed by atoms with van der Waals surface area (Å²) in [5.74, 6) is 0. The average molecular weight is 261 g/mol. The van der Waals surface area contributed by atoms with Crippen LogP contribution in [0.4, 0.5) is 0 Å². The fourth-order valence-electron chi connectivity index (χ4n) is 2.90. The monoisotopic (exact) mass is 261 g/mol. The van der Waals surface area contributed by atoms with Gasteiger partial charge in [0.1, 0.15) is 0 Å². The first-order chi connectivity index (χ1) is 8.21. The highest BCUT2D eigenvalue weighted by molar-refractivity contribution is 7.59. The highest BCUT2D eigenvalue weighted by atomic mass is 31.1. The Morgan fingerprint density at radius 2 is 1.39 bits per heavy atom. The quantitative estimate of drug-likeness (QED) is 0.599. The van der Waals surface area contributed by atoms with Crippen LogP contribution in [0.5, 0.6) is 0 Å². The van der Waals surface area contributed by atoms with E-state index in [0.717, 1.165) is 0 Å². The number of fused-ring (bicyclic) bond motifs is 1. The van der Waals surface area contributed by atoms with Gasteiger partial charge in [-0.3, -0.25) is 0 Å². The molecule has 18 heavy (non-hydrogen) atoms. The SMILES string of the molecule is CC(C)(C)P(n1ccc2ccccc21)C(C)(C)C. The van der Waals surface area contributed by atoms with E-state index < -0.39 is 0 Å². The van der Waals surface area contributed by atoms with Crippen LogP contribution in [0.2, 0.25) is 0 Å². The molecule has 0 fully saturated rings. The van der Waals surface area contributed by atoms with Gasteiger partial charge in [0.25, 0.3) is 0 Å². The molecule has 0 radical (unpaired) electrons. The number of rotatable bonds is 1. The third-order valence-electron chi connectivity index (χ3n) is 3.07. The molecule has 0 unspecified atom stereocenters. The van der Waals surface area contributed by atoms with Gasteiger partial charge in [0.15, 0.2) is 0 Å². The van der Waals surface area contributed by atoms with E-state index in [0.29, 0.717) is 10.3 Å². The Labute approximate surface area is 112 Å². The molecule has 0 saturated heterocycles. The molecular weight excluding hydrogens is 237 g/mol. The molecular formula is C16H24NP. The fourth-order valence-corrected chi connectivity index (χ4v) is 6.80. The van der Waals surface area contributed by atoms with Crippen LogP contribution < -0.4 is 0 Å². The summed E-state index contributed by atoms with van der Waals surface area (Å²) < 4.78 is 2.52. The predicted octanol–water partition coefficient (Wildman–Crippen LogP) is 5.48. The smallest absolute Gasteiger partial charge is 0.0515 e. The standard InChI is InChI=1S/C16H24NP/c1-15(2,3)18(16(4,5)6)17-12-11-13-9-7-8-10-14(13)17/h7-12H,1-6H3. The molecule has 1 aromatic carbocycles. The van der Waals surface area contributed by atoms with E-state index in [1.54, 1.807) is 0 Å². The van der Waals surface area contributed by atoms with Crippen LogP contribution in [0.25, 0.3) is 10.9 Å².